The average Bonchev–Trinajstić information content (AvgIpc) is 2.96. The molecule has 6 nitrogen and oxygen atoms in total. The number of aromatic hydroxyl groups is 1. The lowest BCUT2D eigenvalue weighted by Gasteiger charge is -2.40. The highest BCUT2D eigenvalue weighted by Gasteiger charge is 2.39. The molecule has 1 fully saturated rings. The van der Waals surface area contributed by atoms with Gasteiger partial charge in [0.05, 0.1) is 28.4 Å². The molecule has 3 aromatic carbocycles. The first-order chi connectivity index (χ1) is 20.3. The predicted octanol–water partition coefficient (Wildman–Crippen LogP) is 6.62. The number of carbonyl (C=O) groups is 2. The number of aromatic nitrogens is 1. The van der Waals surface area contributed by atoms with Crippen LogP contribution in [0.4, 0.5) is 26.3 Å². The Morgan fingerprint density at radius 3 is 2.19 bits per heavy atom. The molecule has 2 amide bonds. The van der Waals surface area contributed by atoms with E-state index >= 15 is 0 Å². The molecule has 1 aliphatic heterocycles. The fourth-order valence-electron chi connectivity index (χ4n) is 5.40. The van der Waals surface area contributed by atoms with Crippen LogP contribution in [0.25, 0.3) is 10.9 Å². The molecule has 0 bridgehead atoms. The highest BCUT2D eigenvalue weighted by molar-refractivity contribution is 6.08. The summed E-state index contributed by atoms with van der Waals surface area (Å²) in [5, 5.41) is 13.7. The first kappa shape index (κ1) is 29.9. The van der Waals surface area contributed by atoms with E-state index in [-0.39, 0.29) is 43.2 Å². The van der Waals surface area contributed by atoms with Gasteiger partial charge < -0.3 is 15.3 Å². The minimum atomic E-state index is -5.10. The zero-order chi connectivity index (χ0) is 30.9. The molecule has 2 atom stereocenters. The Hall–Kier alpha value is -4.61. The first-order valence-corrected chi connectivity index (χ1v) is 13.3. The third-order valence-electron chi connectivity index (χ3n) is 7.44. The number of amides is 2. The van der Waals surface area contributed by atoms with Crippen molar-refractivity contribution in [3.05, 3.63) is 107 Å². The van der Waals surface area contributed by atoms with Gasteiger partial charge in [-0.05, 0) is 49.1 Å². The Bertz CT molecular complexity index is 1620. The summed E-state index contributed by atoms with van der Waals surface area (Å²) in [4.78, 5) is 32.3. The molecule has 43 heavy (non-hydrogen) atoms. The lowest BCUT2D eigenvalue weighted by Crippen LogP contribution is -2.52. The number of fused-ring (bicyclic) bond motifs is 1. The lowest BCUT2D eigenvalue weighted by molar-refractivity contribution is -0.143. The Balaban J connectivity index is 1.44. The van der Waals surface area contributed by atoms with Crippen molar-refractivity contribution in [1.82, 2.24) is 15.2 Å². The normalized spacial score (nSPS) is 17.6. The Morgan fingerprint density at radius 2 is 1.53 bits per heavy atom. The molecular formula is C31H25F6N3O3. The van der Waals surface area contributed by atoms with Crippen molar-refractivity contribution >= 4 is 22.7 Å². The number of rotatable bonds is 5. The van der Waals surface area contributed by atoms with Gasteiger partial charge in [-0.1, -0.05) is 48.5 Å². The Labute approximate surface area is 242 Å². The maximum atomic E-state index is 13.6. The first-order valence-electron chi connectivity index (χ1n) is 13.3. The maximum absolute atomic E-state index is 13.6. The van der Waals surface area contributed by atoms with E-state index in [9.17, 15) is 41.0 Å². The van der Waals surface area contributed by atoms with E-state index in [1.807, 2.05) is 0 Å². The molecule has 0 aliphatic carbocycles. The second-order valence-corrected chi connectivity index (χ2v) is 10.4. The summed E-state index contributed by atoms with van der Waals surface area (Å²) in [5.74, 6) is -1.87. The van der Waals surface area contributed by atoms with E-state index in [1.54, 1.807) is 54.6 Å². The predicted molar refractivity (Wildman–Crippen MR) is 145 cm³/mol. The summed E-state index contributed by atoms with van der Waals surface area (Å²) in [6.07, 6.45) is -8.44. The van der Waals surface area contributed by atoms with E-state index < -0.39 is 52.9 Å². The van der Waals surface area contributed by atoms with Crippen molar-refractivity contribution in [3.8, 4) is 5.75 Å². The van der Waals surface area contributed by atoms with Gasteiger partial charge in [-0.15, -0.1) is 0 Å². The number of hydrogen-bond donors (Lipinski definition) is 2. The number of nitrogens with one attached hydrogen (secondary N) is 1. The summed E-state index contributed by atoms with van der Waals surface area (Å²) >= 11 is 0. The molecule has 224 valence electrons. The molecular weight excluding hydrogens is 576 g/mol. The summed E-state index contributed by atoms with van der Waals surface area (Å²) in [5.41, 5.74) is -2.57. The minimum Gasteiger partial charge on any atom is -0.505 e. The van der Waals surface area contributed by atoms with Crippen LogP contribution in [0.1, 0.15) is 50.2 Å². The number of piperidine rings is 1. The number of halogens is 6. The number of para-hydroxylation sites is 1. The fourth-order valence-corrected chi connectivity index (χ4v) is 5.40. The maximum Gasteiger partial charge on any atom is 0.416 e. The molecule has 2 N–H and O–H groups in total. The van der Waals surface area contributed by atoms with Gasteiger partial charge in [-0.3, -0.25) is 14.6 Å². The SMILES string of the molecule is O=C(N[C@H]1CCN(C(=O)c2cc(C(F)(F)F)cc(C(F)(F)F)c2)[C@H](Cc2ccccc2)C1)c1c(O)cnc2ccccc12. The smallest absolute Gasteiger partial charge is 0.416 e. The number of hydrogen-bond acceptors (Lipinski definition) is 4. The van der Waals surface area contributed by atoms with Crippen LogP contribution in [0, 0.1) is 0 Å². The van der Waals surface area contributed by atoms with E-state index in [0.717, 1.165) is 5.56 Å². The molecule has 1 aromatic heterocycles. The second-order valence-electron chi connectivity index (χ2n) is 10.4. The molecule has 0 saturated carbocycles. The van der Waals surface area contributed by atoms with Crippen LogP contribution in [0.15, 0.2) is 79.0 Å². The van der Waals surface area contributed by atoms with Crippen molar-refractivity contribution in [2.24, 2.45) is 0 Å². The highest BCUT2D eigenvalue weighted by atomic mass is 19.4. The zero-order valence-corrected chi connectivity index (χ0v) is 22.4. The van der Waals surface area contributed by atoms with Crippen LogP contribution in [0.3, 0.4) is 0 Å². The summed E-state index contributed by atoms with van der Waals surface area (Å²) in [6.45, 7) is -0.0397. The Kier molecular flexibility index (Phi) is 8.04. The van der Waals surface area contributed by atoms with E-state index in [0.29, 0.717) is 23.0 Å². The van der Waals surface area contributed by atoms with Crippen molar-refractivity contribution < 1.29 is 41.0 Å². The van der Waals surface area contributed by atoms with Crippen LogP contribution < -0.4 is 5.32 Å². The Morgan fingerprint density at radius 1 is 0.907 bits per heavy atom. The van der Waals surface area contributed by atoms with Crippen LogP contribution in [-0.2, 0) is 18.8 Å². The van der Waals surface area contributed by atoms with Crippen molar-refractivity contribution in [2.45, 2.75) is 43.7 Å². The third kappa shape index (κ3) is 6.58. The van der Waals surface area contributed by atoms with Gasteiger partial charge in [0.25, 0.3) is 11.8 Å². The molecule has 4 aromatic rings. The van der Waals surface area contributed by atoms with Crippen LogP contribution >= 0.6 is 0 Å². The van der Waals surface area contributed by atoms with E-state index in [4.69, 9.17) is 0 Å². The molecule has 2 heterocycles. The van der Waals surface area contributed by atoms with Crippen LogP contribution in [0.5, 0.6) is 5.75 Å². The largest absolute Gasteiger partial charge is 0.505 e. The molecule has 0 spiro atoms. The quantitative estimate of drug-likeness (QED) is 0.252. The van der Waals surface area contributed by atoms with Crippen LogP contribution in [0.2, 0.25) is 0 Å². The zero-order valence-electron chi connectivity index (χ0n) is 22.4. The molecule has 12 heteroatoms. The van der Waals surface area contributed by atoms with E-state index in [2.05, 4.69) is 10.3 Å². The summed E-state index contributed by atoms with van der Waals surface area (Å²) in [6, 6.07) is 15.3. The van der Waals surface area contributed by atoms with Gasteiger partial charge in [-0.2, -0.15) is 26.3 Å². The number of benzene rings is 3. The van der Waals surface area contributed by atoms with Crippen molar-refractivity contribution in [3.63, 3.8) is 0 Å². The number of carbonyl (C=O) groups excluding carboxylic acids is 2. The minimum absolute atomic E-state index is 0.0157. The topological polar surface area (TPSA) is 82.5 Å². The molecule has 5 rings (SSSR count). The summed E-state index contributed by atoms with van der Waals surface area (Å²) < 4.78 is 80.9. The van der Waals surface area contributed by atoms with Gasteiger partial charge in [-0.25, -0.2) is 0 Å². The van der Waals surface area contributed by atoms with E-state index in [1.165, 1.54) is 11.1 Å². The van der Waals surface area contributed by atoms with Gasteiger partial charge in [0.1, 0.15) is 5.75 Å². The number of likely N-dealkylation sites (tertiary alicyclic amines) is 1. The van der Waals surface area contributed by atoms with Gasteiger partial charge in [0, 0.05) is 29.6 Å². The summed E-state index contributed by atoms with van der Waals surface area (Å²) in [7, 11) is 0. The van der Waals surface area contributed by atoms with Crippen molar-refractivity contribution in [2.75, 3.05) is 6.54 Å². The van der Waals surface area contributed by atoms with Gasteiger partial charge >= 0.3 is 12.4 Å². The highest BCUT2D eigenvalue weighted by Crippen LogP contribution is 2.37. The standard InChI is InChI=1S/C31H25F6N3O3/c32-30(33,34)20-13-19(14-21(15-20)31(35,36)37)29(43)40-11-10-22(16-23(40)12-18-6-2-1-3-7-18)39-28(42)27-24-8-4-5-9-25(24)38-17-26(27)41/h1-9,13-15,17,22-23,41H,10-12,16H2,(H,39,42)/t22-,23+/m0/s1. The lowest BCUT2D eigenvalue weighted by atomic mass is 9.90. The fraction of sp³-hybridized carbons (Fsp3) is 0.258. The molecule has 0 radical (unpaired) electrons. The molecule has 0 unspecified atom stereocenters. The van der Waals surface area contributed by atoms with Gasteiger partial charge in [0.15, 0.2) is 0 Å². The average molecular weight is 602 g/mol. The van der Waals surface area contributed by atoms with Gasteiger partial charge in [0.2, 0.25) is 0 Å². The number of nitrogens with zero attached hydrogens (tertiary/aromatic N) is 2. The number of alkyl halides is 6. The van der Waals surface area contributed by atoms with Crippen LogP contribution in [-0.4, -0.2) is 45.4 Å². The number of pyridine rings is 1. The second kappa shape index (κ2) is 11.6. The molecule has 1 aliphatic rings. The molecule has 1 saturated heterocycles. The van der Waals surface area contributed by atoms with Crippen molar-refractivity contribution in [1.29, 1.82) is 0 Å². The third-order valence-corrected chi connectivity index (χ3v) is 7.44. The monoisotopic (exact) mass is 601 g/mol.